The molecule has 4 N–H and O–H groups in total. The predicted octanol–water partition coefficient (Wildman–Crippen LogP) is -1.37. The summed E-state index contributed by atoms with van der Waals surface area (Å²) in [5.41, 5.74) is -0.825. The highest BCUT2D eigenvalue weighted by Crippen LogP contribution is 2.28. The first-order valence-corrected chi connectivity index (χ1v) is 5.58. The van der Waals surface area contributed by atoms with Crippen LogP contribution < -0.4 is 0 Å². The smallest absolute Gasteiger partial charge is 0.335 e. The average Bonchev–Trinajstić information content (AvgIpc) is 2.18. The lowest BCUT2D eigenvalue weighted by molar-refractivity contribution is -0.209. The second-order valence-electron chi connectivity index (χ2n) is 3.19. The van der Waals surface area contributed by atoms with E-state index in [-0.39, 0.29) is 0 Å². The van der Waals surface area contributed by atoms with Crippen LogP contribution in [0.2, 0.25) is 0 Å². The first kappa shape index (κ1) is 12.7. The summed E-state index contributed by atoms with van der Waals surface area (Å²) >= 11 is 1.18. The third-order valence-electron chi connectivity index (χ3n) is 2.14. The van der Waals surface area contributed by atoms with Crippen LogP contribution in [-0.2, 0) is 9.53 Å². The van der Waals surface area contributed by atoms with E-state index in [2.05, 4.69) is 0 Å². The Morgan fingerprint density at radius 1 is 1.27 bits per heavy atom. The molecule has 1 rings (SSSR count). The van der Waals surface area contributed by atoms with Crippen molar-refractivity contribution in [3.63, 3.8) is 0 Å². The summed E-state index contributed by atoms with van der Waals surface area (Å²) < 4.78 is 4.99. The highest BCUT2D eigenvalue weighted by Gasteiger charge is 2.46. The minimum absolute atomic E-state index is 0.608. The Morgan fingerprint density at radius 3 is 2.33 bits per heavy atom. The van der Waals surface area contributed by atoms with Gasteiger partial charge in [-0.25, -0.2) is 4.79 Å². The van der Waals surface area contributed by atoms with E-state index in [0.717, 1.165) is 0 Å². The fourth-order valence-corrected chi connectivity index (χ4v) is 2.24. The summed E-state index contributed by atoms with van der Waals surface area (Å²) in [4.78, 5) is 10.7. The molecule has 1 aliphatic rings. The van der Waals surface area contributed by atoms with Crippen molar-refractivity contribution in [2.45, 2.75) is 36.8 Å². The molecule has 88 valence electrons. The Kier molecular flexibility index (Phi) is 4.35. The number of thioether (sulfide) groups is 1. The van der Waals surface area contributed by atoms with Crippen LogP contribution in [0.1, 0.15) is 6.92 Å². The molecule has 6 nitrogen and oxygen atoms in total. The third-order valence-corrected chi connectivity index (χ3v) is 3.20. The van der Waals surface area contributed by atoms with Gasteiger partial charge in [0.05, 0.1) is 0 Å². The van der Waals surface area contributed by atoms with Gasteiger partial charge in [-0.1, -0.05) is 6.92 Å². The van der Waals surface area contributed by atoms with Gasteiger partial charge in [-0.2, -0.15) is 0 Å². The number of hydrogen-bond donors (Lipinski definition) is 4. The number of aliphatic hydroxyl groups is 3. The zero-order valence-electron chi connectivity index (χ0n) is 8.11. The van der Waals surface area contributed by atoms with Crippen LogP contribution in [-0.4, -0.2) is 62.0 Å². The van der Waals surface area contributed by atoms with Gasteiger partial charge in [0.25, 0.3) is 0 Å². The van der Waals surface area contributed by atoms with E-state index < -0.39 is 35.8 Å². The van der Waals surface area contributed by atoms with Crippen LogP contribution in [0.25, 0.3) is 0 Å². The van der Waals surface area contributed by atoms with Crippen molar-refractivity contribution >= 4 is 17.7 Å². The third kappa shape index (κ3) is 2.61. The van der Waals surface area contributed by atoms with Gasteiger partial charge in [0.15, 0.2) is 6.10 Å². The van der Waals surface area contributed by atoms with Gasteiger partial charge < -0.3 is 25.2 Å². The molecule has 0 aromatic rings. The zero-order chi connectivity index (χ0) is 11.6. The Hall–Kier alpha value is -0.340. The van der Waals surface area contributed by atoms with Crippen molar-refractivity contribution < 1.29 is 30.0 Å². The van der Waals surface area contributed by atoms with E-state index in [4.69, 9.17) is 9.84 Å². The number of rotatable bonds is 3. The maximum Gasteiger partial charge on any atom is 0.335 e. The van der Waals surface area contributed by atoms with Crippen molar-refractivity contribution in [3.8, 4) is 0 Å². The van der Waals surface area contributed by atoms with Crippen LogP contribution in [0.15, 0.2) is 0 Å². The number of ether oxygens (including phenoxy) is 1. The summed E-state index contributed by atoms with van der Waals surface area (Å²) in [7, 11) is 0. The van der Waals surface area contributed by atoms with E-state index in [0.29, 0.717) is 5.75 Å². The van der Waals surface area contributed by atoms with Crippen LogP contribution in [0, 0.1) is 0 Å². The lowest BCUT2D eigenvalue weighted by Gasteiger charge is -2.38. The van der Waals surface area contributed by atoms with Gasteiger partial charge >= 0.3 is 5.97 Å². The molecule has 7 heteroatoms. The molecule has 0 bridgehead atoms. The minimum Gasteiger partial charge on any atom is -0.479 e. The fourth-order valence-electron chi connectivity index (χ4n) is 1.35. The van der Waals surface area contributed by atoms with E-state index in [9.17, 15) is 20.1 Å². The van der Waals surface area contributed by atoms with Gasteiger partial charge in [0.2, 0.25) is 0 Å². The SMILES string of the molecule is CCSC1O[C@H](C(=O)O)[C@@H](O)[C@H](O)[C@H]1O. The molecular weight excluding hydrogens is 224 g/mol. The first-order valence-electron chi connectivity index (χ1n) is 4.53. The molecule has 1 aliphatic heterocycles. The van der Waals surface area contributed by atoms with Crippen molar-refractivity contribution in [2.75, 3.05) is 5.75 Å². The Bertz CT molecular complexity index is 235. The normalized spacial score (nSPS) is 41.5. The number of aliphatic carboxylic acids is 1. The van der Waals surface area contributed by atoms with Crippen LogP contribution in [0.4, 0.5) is 0 Å². The van der Waals surface area contributed by atoms with Gasteiger partial charge in [-0.3, -0.25) is 0 Å². The van der Waals surface area contributed by atoms with Gasteiger partial charge in [-0.15, -0.1) is 11.8 Å². The Balaban J connectivity index is 2.75. The summed E-state index contributed by atoms with van der Waals surface area (Å²) in [6.45, 7) is 1.81. The van der Waals surface area contributed by atoms with Crippen LogP contribution in [0.5, 0.6) is 0 Å². The number of carboxylic acid groups (broad SMARTS) is 1. The molecule has 1 fully saturated rings. The molecule has 0 aliphatic carbocycles. The fraction of sp³-hybridized carbons (Fsp3) is 0.875. The highest BCUT2D eigenvalue weighted by atomic mass is 32.2. The highest BCUT2D eigenvalue weighted by molar-refractivity contribution is 7.99. The molecule has 0 aromatic carbocycles. The largest absolute Gasteiger partial charge is 0.479 e. The summed E-state index contributed by atoms with van der Waals surface area (Å²) in [6, 6.07) is 0. The molecule has 0 saturated carbocycles. The monoisotopic (exact) mass is 238 g/mol. The van der Waals surface area contributed by atoms with Crippen LogP contribution in [0.3, 0.4) is 0 Å². The average molecular weight is 238 g/mol. The summed E-state index contributed by atoms with van der Waals surface area (Å²) in [5.74, 6) is -0.744. The molecule has 1 saturated heterocycles. The minimum atomic E-state index is -1.61. The number of carbonyl (C=O) groups is 1. The number of aliphatic hydroxyl groups excluding tert-OH is 3. The maximum atomic E-state index is 10.7. The maximum absolute atomic E-state index is 10.7. The van der Waals surface area contributed by atoms with Crippen molar-refractivity contribution in [1.29, 1.82) is 0 Å². The lowest BCUT2D eigenvalue weighted by Crippen LogP contribution is -2.58. The second kappa shape index (κ2) is 5.13. The number of carboxylic acids is 1. The first-order chi connectivity index (χ1) is 6.99. The van der Waals surface area contributed by atoms with Crippen molar-refractivity contribution in [1.82, 2.24) is 0 Å². The van der Waals surface area contributed by atoms with Crippen molar-refractivity contribution in [2.24, 2.45) is 0 Å². The van der Waals surface area contributed by atoms with Gasteiger partial charge in [0, 0.05) is 0 Å². The summed E-state index contributed by atoms with van der Waals surface area (Å²) in [6.07, 6.45) is -5.87. The van der Waals surface area contributed by atoms with Crippen molar-refractivity contribution in [3.05, 3.63) is 0 Å². The molecule has 0 amide bonds. The Labute approximate surface area is 90.9 Å². The van der Waals surface area contributed by atoms with Gasteiger partial charge in [-0.05, 0) is 5.75 Å². The molecule has 5 atom stereocenters. The molecule has 0 spiro atoms. The molecule has 0 radical (unpaired) electrons. The zero-order valence-corrected chi connectivity index (χ0v) is 8.92. The molecular formula is C8H14O6S. The predicted molar refractivity (Wildman–Crippen MR) is 52.4 cm³/mol. The lowest BCUT2D eigenvalue weighted by atomic mass is 10.0. The topological polar surface area (TPSA) is 107 Å². The van der Waals surface area contributed by atoms with E-state index in [1.807, 2.05) is 6.92 Å². The van der Waals surface area contributed by atoms with Crippen LogP contribution >= 0.6 is 11.8 Å². The van der Waals surface area contributed by atoms with Gasteiger partial charge in [0.1, 0.15) is 23.7 Å². The quantitative estimate of drug-likeness (QED) is 0.480. The molecule has 1 unspecified atom stereocenters. The molecule has 1 heterocycles. The second-order valence-corrected chi connectivity index (χ2v) is 4.57. The standard InChI is InChI=1S/C8H14O6S/c1-2-15-8-5(11)3(9)4(10)6(14-8)7(12)13/h3-6,8-11H,2H2,1H3,(H,12,13)/t3-,4-,5+,6-,8?/m0/s1. The Morgan fingerprint density at radius 2 is 1.87 bits per heavy atom. The van der Waals surface area contributed by atoms with E-state index in [1.54, 1.807) is 0 Å². The molecule has 0 aromatic heterocycles. The molecule has 15 heavy (non-hydrogen) atoms. The van der Waals surface area contributed by atoms with E-state index in [1.165, 1.54) is 11.8 Å². The number of hydrogen-bond acceptors (Lipinski definition) is 6. The summed E-state index contributed by atoms with van der Waals surface area (Å²) in [5, 5.41) is 36.9. The van der Waals surface area contributed by atoms with E-state index >= 15 is 0 Å².